The monoisotopic (exact) mass is 410 g/mol. The molecule has 2 atom stereocenters. The lowest BCUT2D eigenvalue weighted by Crippen LogP contribution is -2.52. The Morgan fingerprint density at radius 1 is 1.03 bits per heavy atom. The van der Waals surface area contributed by atoms with E-state index in [9.17, 15) is 14.4 Å². The van der Waals surface area contributed by atoms with E-state index in [1.165, 1.54) is 18.7 Å². The van der Waals surface area contributed by atoms with Crippen LogP contribution in [0.2, 0.25) is 0 Å². The van der Waals surface area contributed by atoms with Gasteiger partial charge in [0.2, 0.25) is 5.91 Å². The molecule has 0 spiro atoms. The van der Waals surface area contributed by atoms with E-state index >= 15 is 0 Å². The van der Waals surface area contributed by atoms with Crippen LogP contribution < -0.4 is 5.32 Å². The Morgan fingerprint density at radius 3 is 2.07 bits per heavy atom. The summed E-state index contributed by atoms with van der Waals surface area (Å²) in [6.45, 7) is 5.01. The highest BCUT2D eigenvalue weighted by atomic mass is 16.5. The van der Waals surface area contributed by atoms with Crippen molar-refractivity contribution in [3.63, 3.8) is 0 Å². The molecule has 1 unspecified atom stereocenters. The Kier molecular flexibility index (Phi) is 6.40. The fraction of sp³-hybridized carbons (Fsp3) is 0.348. The topological polar surface area (TPSA) is 95.9 Å². The van der Waals surface area contributed by atoms with Crippen molar-refractivity contribution in [2.45, 2.75) is 38.8 Å². The molecule has 0 saturated heterocycles. The highest BCUT2D eigenvalue weighted by molar-refractivity contribution is 5.89. The maximum absolute atomic E-state index is 12.5. The van der Waals surface area contributed by atoms with E-state index in [0.29, 0.717) is 0 Å². The Labute approximate surface area is 175 Å². The lowest BCUT2D eigenvalue weighted by molar-refractivity contribution is -0.149. The van der Waals surface area contributed by atoms with E-state index in [2.05, 4.69) is 17.4 Å². The van der Waals surface area contributed by atoms with Gasteiger partial charge in [-0.15, -0.1) is 0 Å². The second kappa shape index (κ2) is 8.98. The van der Waals surface area contributed by atoms with E-state index in [-0.39, 0.29) is 19.1 Å². The number of carbonyl (C=O) groups is 3. The molecule has 2 amide bonds. The summed E-state index contributed by atoms with van der Waals surface area (Å²) in [5.41, 5.74) is 4.46. The molecule has 1 aliphatic carbocycles. The van der Waals surface area contributed by atoms with Gasteiger partial charge in [-0.2, -0.15) is 0 Å². The average Bonchev–Trinajstić information content (AvgIpc) is 3.06. The fourth-order valence-corrected chi connectivity index (χ4v) is 3.88. The third-order valence-electron chi connectivity index (χ3n) is 5.50. The van der Waals surface area contributed by atoms with Gasteiger partial charge in [0.05, 0.1) is 0 Å². The number of alkyl carbamates (subject to hydrolysis) is 1. The van der Waals surface area contributed by atoms with Gasteiger partial charge in [0.25, 0.3) is 0 Å². The minimum absolute atomic E-state index is 0.0756. The molecule has 2 aromatic rings. The maximum Gasteiger partial charge on any atom is 0.407 e. The molecular weight excluding hydrogens is 384 g/mol. The van der Waals surface area contributed by atoms with E-state index in [0.717, 1.165) is 22.3 Å². The van der Waals surface area contributed by atoms with Crippen LogP contribution in [0.5, 0.6) is 0 Å². The summed E-state index contributed by atoms with van der Waals surface area (Å²) in [5.74, 6) is -1.65. The molecule has 2 aromatic carbocycles. The molecule has 158 valence electrons. The number of hydrogen-bond donors (Lipinski definition) is 2. The summed E-state index contributed by atoms with van der Waals surface area (Å²) in [6, 6.07) is 14.2. The minimum Gasteiger partial charge on any atom is -0.480 e. The van der Waals surface area contributed by atoms with Crippen molar-refractivity contribution in [3.05, 3.63) is 59.7 Å². The van der Waals surface area contributed by atoms with Crippen LogP contribution in [0.1, 0.15) is 37.8 Å². The first-order valence-electron chi connectivity index (χ1n) is 9.99. The second-order valence-corrected chi connectivity index (χ2v) is 7.33. The molecule has 7 heteroatoms. The van der Waals surface area contributed by atoms with Crippen LogP contribution >= 0.6 is 0 Å². The van der Waals surface area contributed by atoms with E-state index in [1.54, 1.807) is 6.92 Å². The molecule has 0 aliphatic heterocycles. The van der Waals surface area contributed by atoms with Crippen molar-refractivity contribution in [2.24, 2.45) is 0 Å². The number of benzene rings is 2. The molecule has 7 nitrogen and oxygen atoms in total. The predicted molar refractivity (Wildman–Crippen MR) is 112 cm³/mol. The van der Waals surface area contributed by atoms with Gasteiger partial charge in [-0.25, -0.2) is 9.59 Å². The largest absolute Gasteiger partial charge is 0.480 e. The molecule has 0 fully saturated rings. The van der Waals surface area contributed by atoms with Crippen LogP contribution in [0.4, 0.5) is 4.79 Å². The van der Waals surface area contributed by atoms with Gasteiger partial charge in [-0.3, -0.25) is 4.79 Å². The third kappa shape index (κ3) is 4.15. The lowest BCUT2D eigenvalue weighted by Gasteiger charge is -2.28. The number of aliphatic carboxylic acids is 1. The van der Waals surface area contributed by atoms with Crippen molar-refractivity contribution in [2.75, 3.05) is 13.2 Å². The number of nitrogens with zero attached hydrogens (tertiary/aromatic N) is 1. The normalized spacial score (nSPS) is 14.2. The quantitative estimate of drug-likeness (QED) is 0.731. The van der Waals surface area contributed by atoms with Crippen LogP contribution in [-0.4, -0.2) is 53.2 Å². The molecule has 0 radical (unpaired) electrons. The number of carbonyl (C=O) groups excluding carboxylic acids is 2. The number of fused-ring (bicyclic) bond motifs is 3. The van der Waals surface area contributed by atoms with Crippen molar-refractivity contribution < 1.29 is 24.2 Å². The molecule has 0 saturated carbocycles. The highest BCUT2D eigenvalue weighted by Gasteiger charge is 2.31. The summed E-state index contributed by atoms with van der Waals surface area (Å²) in [4.78, 5) is 37.3. The Morgan fingerprint density at radius 2 is 1.57 bits per heavy atom. The summed E-state index contributed by atoms with van der Waals surface area (Å²) in [5, 5.41) is 11.7. The van der Waals surface area contributed by atoms with Crippen LogP contribution in [-0.2, 0) is 14.3 Å². The Hall–Kier alpha value is -3.35. The summed E-state index contributed by atoms with van der Waals surface area (Å²) in [7, 11) is 0. The molecule has 2 N–H and O–H groups in total. The van der Waals surface area contributed by atoms with E-state index in [1.807, 2.05) is 36.4 Å². The third-order valence-corrected chi connectivity index (χ3v) is 5.50. The predicted octanol–water partition coefficient (Wildman–Crippen LogP) is 3.24. The number of likely N-dealkylation sites (N-methyl/N-ethyl adjacent to an activating group) is 1. The van der Waals surface area contributed by atoms with Gasteiger partial charge in [-0.05, 0) is 43.0 Å². The zero-order valence-electron chi connectivity index (χ0n) is 17.3. The molecule has 1 aliphatic rings. The van der Waals surface area contributed by atoms with Crippen LogP contribution in [0.15, 0.2) is 48.5 Å². The molecular formula is C23H26N2O5. The summed E-state index contributed by atoms with van der Waals surface area (Å²) >= 11 is 0. The van der Waals surface area contributed by atoms with Gasteiger partial charge < -0.3 is 20.1 Å². The van der Waals surface area contributed by atoms with Crippen LogP contribution in [0.3, 0.4) is 0 Å². The number of ether oxygens (including phenoxy) is 1. The fourth-order valence-electron chi connectivity index (χ4n) is 3.88. The van der Waals surface area contributed by atoms with E-state index < -0.39 is 30.1 Å². The molecule has 30 heavy (non-hydrogen) atoms. The smallest absolute Gasteiger partial charge is 0.407 e. The standard InChI is InChI=1S/C23H26N2O5/c1-4-25(15(3)22(27)28)21(26)14(2)24-23(29)30-13-20-18-11-7-5-9-16(18)17-10-6-8-12-19(17)20/h5-12,14-15,20H,4,13H2,1-3H3,(H,24,29)(H,27,28)/t14-,15?/m0/s1. The first kappa shape index (κ1) is 21.4. The number of carboxylic acid groups (broad SMARTS) is 1. The lowest BCUT2D eigenvalue weighted by atomic mass is 9.98. The summed E-state index contributed by atoms with van der Waals surface area (Å²) in [6.07, 6.45) is -0.711. The van der Waals surface area contributed by atoms with Crippen molar-refractivity contribution in [1.82, 2.24) is 10.2 Å². The average molecular weight is 410 g/mol. The number of nitrogens with one attached hydrogen (secondary N) is 1. The SMILES string of the molecule is CCN(C(=O)[C@H](C)NC(=O)OCC1c2ccccc2-c2ccccc21)C(C)C(=O)O. The van der Waals surface area contributed by atoms with Gasteiger partial charge in [0, 0.05) is 12.5 Å². The van der Waals surface area contributed by atoms with Gasteiger partial charge in [0.1, 0.15) is 18.7 Å². The van der Waals surface area contributed by atoms with Crippen molar-refractivity contribution in [1.29, 1.82) is 0 Å². The highest BCUT2D eigenvalue weighted by Crippen LogP contribution is 2.44. The van der Waals surface area contributed by atoms with Gasteiger partial charge in [-0.1, -0.05) is 48.5 Å². The van der Waals surface area contributed by atoms with Crippen LogP contribution in [0, 0.1) is 0 Å². The van der Waals surface area contributed by atoms with Gasteiger partial charge >= 0.3 is 12.1 Å². The van der Waals surface area contributed by atoms with E-state index in [4.69, 9.17) is 9.84 Å². The molecule has 0 bridgehead atoms. The first-order chi connectivity index (χ1) is 14.3. The summed E-state index contributed by atoms with van der Waals surface area (Å²) < 4.78 is 5.44. The Bertz CT molecular complexity index is 913. The molecule has 0 aromatic heterocycles. The number of rotatable bonds is 7. The molecule has 3 rings (SSSR count). The molecule has 0 heterocycles. The minimum atomic E-state index is -1.10. The van der Waals surface area contributed by atoms with Gasteiger partial charge in [0.15, 0.2) is 0 Å². The zero-order valence-corrected chi connectivity index (χ0v) is 17.3. The number of hydrogen-bond acceptors (Lipinski definition) is 4. The zero-order chi connectivity index (χ0) is 21.8. The maximum atomic E-state index is 12.5. The van der Waals surface area contributed by atoms with Crippen LogP contribution in [0.25, 0.3) is 11.1 Å². The first-order valence-corrected chi connectivity index (χ1v) is 9.99. The van der Waals surface area contributed by atoms with Crippen molar-refractivity contribution in [3.8, 4) is 11.1 Å². The Balaban J connectivity index is 1.64. The van der Waals surface area contributed by atoms with Crippen molar-refractivity contribution >= 4 is 18.0 Å². The number of amides is 2. The second-order valence-electron chi connectivity index (χ2n) is 7.33. The number of carboxylic acids is 1.